The molecule has 5 rings (SSSR count). The molecule has 0 bridgehead atoms. The van der Waals surface area contributed by atoms with Crippen molar-refractivity contribution in [1.29, 1.82) is 0 Å². The van der Waals surface area contributed by atoms with Crippen LogP contribution in [0.4, 0.5) is 5.69 Å². The molecular weight excluding hydrogens is 520 g/mol. The molecule has 0 saturated carbocycles. The summed E-state index contributed by atoms with van der Waals surface area (Å²) in [4.78, 5) is 13.6. The lowest BCUT2D eigenvalue weighted by Crippen LogP contribution is -2.16. The first kappa shape index (κ1) is 22.0. The fourth-order valence-electron chi connectivity index (χ4n) is 3.81. The van der Waals surface area contributed by atoms with Gasteiger partial charge in [-0.2, -0.15) is 5.21 Å². The molecule has 9 nitrogen and oxygen atoms in total. The third-order valence-electron chi connectivity index (χ3n) is 5.41. The van der Waals surface area contributed by atoms with Gasteiger partial charge in [-0.1, -0.05) is 46.3 Å². The van der Waals surface area contributed by atoms with Crippen molar-refractivity contribution in [2.45, 2.75) is 9.79 Å². The molecule has 0 radical (unpaired) electrons. The van der Waals surface area contributed by atoms with Crippen LogP contribution in [0.1, 0.15) is 10.5 Å². The lowest BCUT2D eigenvalue weighted by molar-refractivity contribution is 0.101. The first-order valence-corrected chi connectivity index (χ1v) is 12.4. The minimum Gasteiger partial charge on any atom is -0.339 e. The Hall–Kier alpha value is -3.83. The molecule has 170 valence electrons. The van der Waals surface area contributed by atoms with Crippen LogP contribution in [0.25, 0.3) is 22.3 Å². The van der Waals surface area contributed by atoms with Crippen LogP contribution in [0.2, 0.25) is 0 Å². The van der Waals surface area contributed by atoms with Gasteiger partial charge < -0.3 is 9.88 Å². The standard InChI is InChI=1S/C23H17BrN6O3S/c1-30-19(23(31)25-18-11-10-15(24)13-17(18)22-26-28-29-27-22)12-14-6-5-9-20(21(14)30)34(32,33)16-7-3-2-4-8-16/h2-13H,1H3,(H,25,31)(H,26,27,28,29). The number of anilines is 1. The monoisotopic (exact) mass is 536 g/mol. The number of carbonyl (C=O) groups excluding carboxylic acids is 1. The Morgan fingerprint density at radius 1 is 1.03 bits per heavy atom. The summed E-state index contributed by atoms with van der Waals surface area (Å²) >= 11 is 3.41. The fourth-order valence-corrected chi connectivity index (χ4v) is 5.71. The van der Waals surface area contributed by atoms with Crippen LogP contribution in [-0.2, 0) is 16.9 Å². The fraction of sp³-hybridized carbons (Fsp3) is 0.0435. The van der Waals surface area contributed by atoms with Crippen LogP contribution in [0.3, 0.4) is 0 Å². The molecule has 0 atom stereocenters. The Kier molecular flexibility index (Phi) is 5.50. The van der Waals surface area contributed by atoms with E-state index in [4.69, 9.17) is 0 Å². The van der Waals surface area contributed by atoms with Gasteiger partial charge in [0.15, 0.2) is 0 Å². The summed E-state index contributed by atoms with van der Waals surface area (Å²) < 4.78 is 29.0. The molecule has 3 aromatic carbocycles. The number of hydrogen-bond donors (Lipinski definition) is 2. The Bertz CT molecular complexity index is 1630. The molecule has 0 spiro atoms. The predicted molar refractivity (Wildman–Crippen MR) is 130 cm³/mol. The number of amides is 1. The summed E-state index contributed by atoms with van der Waals surface area (Å²) in [5.41, 5.74) is 1.80. The van der Waals surface area contributed by atoms with E-state index in [2.05, 4.69) is 41.9 Å². The molecule has 0 aliphatic rings. The number of para-hydroxylation sites is 1. The van der Waals surface area contributed by atoms with Crippen molar-refractivity contribution < 1.29 is 13.2 Å². The van der Waals surface area contributed by atoms with E-state index in [1.165, 1.54) is 0 Å². The van der Waals surface area contributed by atoms with E-state index in [9.17, 15) is 13.2 Å². The van der Waals surface area contributed by atoms with Gasteiger partial charge in [0.05, 0.1) is 21.0 Å². The number of H-pyrrole nitrogens is 1. The second kappa shape index (κ2) is 8.50. The number of fused-ring (bicyclic) bond motifs is 1. The average molecular weight is 537 g/mol. The summed E-state index contributed by atoms with van der Waals surface area (Å²) in [7, 11) is -2.12. The van der Waals surface area contributed by atoms with Crippen LogP contribution in [0.5, 0.6) is 0 Å². The largest absolute Gasteiger partial charge is 0.339 e. The number of halogens is 1. The van der Waals surface area contributed by atoms with Crippen molar-refractivity contribution in [3.8, 4) is 11.4 Å². The summed E-state index contributed by atoms with van der Waals surface area (Å²) in [6.07, 6.45) is 0. The Morgan fingerprint density at radius 2 is 1.82 bits per heavy atom. The van der Waals surface area contributed by atoms with Gasteiger partial charge in [-0.3, -0.25) is 4.79 Å². The zero-order chi connectivity index (χ0) is 23.9. The van der Waals surface area contributed by atoms with E-state index in [1.807, 2.05) is 0 Å². The second-order valence-electron chi connectivity index (χ2n) is 7.48. The number of nitrogens with one attached hydrogen (secondary N) is 2. The molecule has 5 aromatic rings. The van der Waals surface area contributed by atoms with Crippen molar-refractivity contribution in [2.75, 3.05) is 5.32 Å². The minimum atomic E-state index is -3.79. The van der Waals surface area contributed by atoms with Crippen molar-refractivity contribution in [2.24, 2.45) is 7.05 Å². The zero-order valence-corrected chi connectivity index (χ0v) is 20.1. The maximum Gasteiger partial charge on any atom is 0.272 e. The SMILES string of the molecule is Cn1c(C(=O)Nc2ccc(Br)cc2-c2nn[nH]n2)cc2cccc(S(=O)(=O)c3ccccc3)c21. The number of aryl methyl sites for hydroxylation is 1. The highest BCUT2D eigenvalue weighted by atomic mass is 79.9. The molecule has 0 aliphatic heterocycles. The highest BCUT2D eigenvalue weighted by Gasteiger charge is 2.24. The number of hydrogen-bond acceptors (Lipinski definition) is 6. The van der Waals surface area contributed by atoms with Crippen LogP contribution >= 0.6 is 15.9 Å². The minimum absolute atomic E-state index is 0.133. The van der Waals surface area contributed by atoms with Crippen LogP contribution in [-0.4, -0.2) is 39.5 Å². The highest BCUT2D eigenvalue weighted by molar-refractivity contribution is 9.10. The summed E-state index contributed by atoms with van der Waals surface area (Å²) in [6, 6.07) is 20.2. The number of aromatic amines is 1. The third-order valence-corrected chi connectivity index (χ3v) is 7.71. The van der Waals surface area contributed by atoms with E-state index < -0.39 is 15.7 Å². The Balaban J connectivity index is 1.58. The number of nitrogens with zero attached hydrogens (tertiary/aromatic N) is 4. The molecule has 0 unspecified atom stereocenters. The van der Waals surface area contributed by atoms with Crippen molar-refractivity contribution in [3.63, 3.8) is 0 Å². The maximum atomic E-state index is 13.3. The van der Waals surface area contributed by atoms with Crippen LogP contribution in [0, 0.1) is 0 Å². The van der Waals surface area contributed by atoms with Crippen molar-refractivity contribution in [3.05, 3.63) is 83.0 Å². The topological polar surface area (TPSA) is 123 Å². The van der Waals surface area contributed by atoms with Gasteiger partial charge in [0.25, 0.3) is 5.91 Å². The Labute approximate surface area is 202 Å². The average Bonchev–Trinajstić information content (AvgIpc) is 3.49. The normalized spacial score (nSPS) is 11.6. The van der Waals surface area contributed by atoms with Gasteiger partial charge in [-0.05, 0) is 47.7 Å². The second-order valence-corrected chi connectivity index (χ2v) is 10.3. The quantitative estimate of drug-likeness (QED) is 0.347. The lowest BCUT2D eigenvalue weighted by Gasteiger charge is -2.11. The van der Waals surface area contributed by atoms with Gasteiger partial charge >= 0.3 is 0 Å². The lowest BCUT2D eigenvalue weighted by atomic mass is 10.1. The molecule has 1 amide bonds. The van der Waals surface area contributed by atoms with E-state index in [1.54, 1.807) is 84.4 Å². The summed E-state index contributed by atoms with van der Waals surface area (Å²) in [5, 5.41) is 17.5. The molecule has 11 heteroatoms. The smallest absolute Gasteiger partial charge is 0.272 e. The van der Waals surface area contributed by atoms with Crippen molar-refractivity contribution >= 4 is 48.3 Å². The van der Waals surface area contributed by atoms with Gasteiger partial charge in [0, 0.05) is 22.5 Å². The van der Waals surface area contributed by atoms with Gasteiger partial charge in [0.2, 0.25) is 15.7 Å². The first-order chi connectivity index (χ1) is 16.4. The summed E-state index contributed by atoms with van der Waals surface area (Å²) in [6.45, 7) is 0. The molecule has 2 N–H and O–H groups in total. The van der Waals surface area contributed by atoms with Gasteiger partial charge in [-0.15, -0.1) is 10.2 Å². The van der Waals surface area contributed by atoms with E-state index >= 15 is 0 Å². The molecule has 2 aromatic heterocycles. The van der Waals surface area contributed by atoms with Gasteiger partial charge in [-0.25, -0.2) is 8.42 Å². The summed E-state index contributed by atoms with van der Waals surface area (Å²) in [5.74, 6) is -0.0845. The van der Waals surface area contributed by atoms with E-state index in [0.29, 0.717) is 33.7 Å². The molecular formula is C23H17BrN6O3S. The Morgan fingerprint density at radius 3 is 2.56 bits per heavy atom. The number of benzene rings is 3. The molecule has 0 fully saturated rings. The number of tetrazole rings is 1. The number of aromatic nitrogens is 5. The molecule has 0 aliphatic carbocycles. The number of rotatable bonds is 5. The van der Waals surface area contributed by atoms with Crippen LogP contribution < -0.4 is 5.32 Å². The number of carbonyl (C=O) groups is 1. The maximum absolute atomic E-state index is 13.3. The molecule has 2 heterocycles. The number of sulfone groups is 1. The van der Waals surface area contributed by atoms with Gasteiger partial charge in [0.1, 0.15) is 5.69 Å². The first-order valence-electron chi connectivity index (χ1n) is 10.1. The third kappa shape index (κ3) is 3.78. The zero-order valence-electron chi connectivity index (χ0n) is 17.7. The predicted octanol–water partition coefficient (Wildman–Crippen LogP) is 4.21. The van der Waals surface area contributed by atoms with E-state index in [-0.39, 0.29) is 9.79 Å². The molecule has 0 saturated heterocycles. The highest BCUT2D eigenvalue weighted by Crippen LogP contribution is 2.32. The van der Waals surface area contributed by atoms with Crippen molar-refractivity contribution in [1.82, 2.24) is 25.2 Å². The van der Waals surface area contributed by atoms with E-state index in [0.717, 1.165) is 4.47 Å². The molecule has 34 heavy (non-hydrogen) atoms. The van der Waals surface area contributed by atoms with Crippen LogP contribution in [0.15, 0.2) is 87.1 Å².